The van der Waals surface area contributed by atoms with Crippen LogP contribution >= 0.6 is 0 Å². The van der Waals surface area contributed by atoms with Crippen molar-refractivity contribution in [2.45, 2.75) is 33.4 Å². The number of nitrogens with zero attached hydrogens (tertiary/aromatic N) is 2. The molecule has 0 unspecified atom stereocenters. The van der Waals surface area contributed by atoms with Gasteiger partial charge in [-0.15, -0.1) is 0 Å². The molecular formula is C14H18F3N3. The predicted molar refractivity (Wildman–Crippen MR) is 72.9 cm³/mol. The maximum Gasteiger partial charge on any atom is 0.412 e. The Bertz CT molecular complexity index is 490. The van der Waals surface area contributed by atoms with Crippen LogP contribution in [0.1, 0.15) is 27.2 Å². The molecule has 0 saturated heterocycles. The average molecular weight is 285 g/mol. The Kier molecular flexibility index (Phi) is 5.73. The lowest BCUT2D eigenvalue weighted by Crippen LogP contribution is -2.10. The first kappa shape index (κ1) is 16.2. The molecule has 6 heteroatoms. The van der Waals surface area contributed by atoms with Gasteiger partial charge < -0.3 is 0 Å². The monoisotopic (exact) mass is 285 g/mol. The number of hydrogen-bond acceptors (Lipinski definition) is 2. The summed E-state index contributed by atoms with van der Waals surface area (Å²) in [5.74, 6) is 0. The molecule has 0 aromatic rings. The summed E-state index contributed by atoms with van der Waals surface area (Å²) >= 11 is 0. The fourth-order valence-electron chi connectivity index (χ4n) is 1.33. The standard InChI is InChI=1S/C14H18F3N3/c1-10(2)11(3)19-20-18-9-12-5-4-6-13(8-7-12)14(15,16)17/h4-7H,8-9H2,1-3H3,(H,18,19). The lowest BCUT2D eigenvalue weighted by molar-refractivity contribution is -0.0928. The van der Waals surface area contributed by atoms with Crippen molar-refractivity contribution < 1.29 is 13.2 Å². The van der Waals surface area contributed by atoms with Gasteiger partial charge in [0.1, 0.15) is 0 Å². The minimum Gasteiger partial charge on any atom is -0.265 e. The topological polar surface area (TPSA) is 36.8 Å². The Labute approximate surface area is 116 Å². The van der Waals surface area contributed by atoms with Gasteiger partial charge in [0.15, 0.2) is 0 Å². The quantitative estimate of drug-likeness (QED) is 0.593. The van der Waals surface area contributed by atoms with E-state index in [0.717, 1.165) is 17.3 Å². The van der Waals surface area contributed by atoms with Crippen LogP contribution in [0, 0.1) is 0 Å². The zero-order chi connectivity index (χ0) is 15.2. The molecule has 1 aliphatic carbocycles. The van der Waals surface area contributed by atoms with Crippen LogP contribution in [0.4, 0.5) is 13.2 Å². The van der Waals surface area contributed by atoms with Crippen molar-refractivity contribution in [1.82, 2.24) is 5.43 Å². The number of hydrogen-bond donors (Lipinski definition) is 1. The van der Waals surface area contributed by atoms with Crippen LogP contribution in [-0.2, 0) is 0 Å². The minimum atomic E-state index is -4.28. The molecule has 0 atom stereocenters. The average Bonchev–Trinajstić information content (AvgIpc) is 2.59. The Morgan fingerprint density at radius 1 is 1.30 bits per heavy atom. The summed E-state index contributed by atoms with van der Waals surface area (Å²) in [5, 5.41) is 7.69. The number of halogens is 3. The highest BCUT2D eigenvalue weighted by Crippen LogP contribution is 2.30. The molecule has 1 N–H and O–H groups in total. The first-order valence-electron chi connectivity index (χ1n) is 6.20. The van der Waals surface area contributed by atoms with Crippen LogP contribution in [-0.4, -0.2) is 12.7 Å². The summed E-state index contributed by atoms with van der Waals surface area (Å²) in [6.07, 6.45) is 1.21. The van der Waals surface area contributed by atoms with Gasteiger partial charge in [-0.05, 0) is 32.8 Å². The zero-order valence-electron chi connectivity index (χ0n) is 11.8. The highest BCUT2D eigenvalue weighted by molar-refractivity contribution is 5.32. The van der Waals surface area contributed by atoms with Crippen molar-refractivity contribution in [3.8, 4) is 0 Å². The highest BCUT2D eigenvalue weighted by Gasteiger charge is 2.32. The fraction of sp³-hybridized carbons (Fsp3) is 0.429. The second-order valence-corrected chi connectivity index (χ2v) is 4.67. The number of nitrogens with one attached hydrogen (secondary N) is 1. The van der Waals surface area contributed by atoms with Gasteiger partial charge in [0, 0.05) is 11.3 Å². The predicted octanol–water partition coefficient (Wildman–Crippen LogP) is 4.63. The molecule has 0 amide bonds. The van der Waals surface area contributed by atoms with Crippen molar-refractivity contribution in [2.75, 3.05) is 6.54 Å². The summed E-state index contributed by atoms with van der Waals surface area (Å²) in [4.78, 5) is 0. The fourth-order valence-corrected chi connectivity index (χ4v) is 1.33. The lowest BCUT2D eigenvalue weighted by atomic mass is 10.1. The van der Waals surface area contributed by atoms with E-state index >= 15 is 0 Å². The van der Waals surface area contributed by atoms with E-state index in [1.165, 1.54) is 12.2 Å². The third-order valence-electron chi connectivity index (χ3n) is 2.85. The van der Waals surface area contributed by atoms with Crippen molar-refractivity contribution in [3.63, 3.8) is 0 Å². The Balaban J connectivity index is 2.54. The van der Waals surface area contributed by atoms with Gasteiger partial charge in [0.25, 0.3) is 0 Å². The van der Waals surface area contributed by atoms with Gasteiger partial charge in [-0.2, -0.15) is 18.3 Å². The second-order valence-electron chi connectivity index (χ2n) is 4.67. The van der Waals surface area contributed by atoms with E-state index in [1.807, 2.05) is 20.8 Å². The molecule has 0 aromatic heterocycles. The van der Waals surface area contributed by atoms with E-state index in [-0.39, 0.29) is 13.0 Å². The van der Waals surface area contributed by atoms with Crippen LogP contribution in [0.25, 0.3) is 0 Å². The van der Waals surface area contributed by atoms with Crippen molar-refractivity contribution in [3.05, 3.63) is 46.7 Å². The molecule has 0 bridgehead atoms. The SMILES string of the molecule is CC(C)=C(C)NN=NCC1=CCC(C(F)(F)F)=CC=C1. The Morgan fingerprint density at radius 2 is 2.00 bits per heavy atom. The summed E-state index contributed by atoms with van der Waals surface area (Å²) in [6, 6.07) is 0. The number of alkyl halides is 3. The molecule has 3 nitrogen and oxygen atoms in total. The lowest BCUT2D eigenvalue weighted by Gasteiger charge is -2.07. The summed E-state index contributed by atoms with van der Waals surface area (Å²) in [5.41, 5.74) is 4.91. The minimum absolute atomic E-state index is 0.137. The summed E-state index contributed by atoms with van der Waals surface area (Å²) in [6.45, 7) is 6.01. The Morgan fingerprint density at radius 3 is 2.60 bits per heavy atom. The van der Waals surface area contributed by atoms with Crippen LogP contribution in [0.2, 0.25) is 0 Å². The number of allylic oxidation sites excluding steroid dienone is 6. The molecule has 0 fully saturated rings. The third kappa shape index (κ3) is 5.42. The van der Waals surface area contributed by atoms with E-state index in [0.29, 0.717) is 5.57 Å². The maximum absolute atomic E-state index is 12.5. The molecule has 0 radical (unpaired) electrons. The highest BCUT2D eigenvalue weighted by atomic mass is 19.4. The molecule has 0 spiro atoms. The summed E-state index contributed by atoms with van der Waals surface area (Å²) in [7, 11) is 0. The number of rotatable bonds is 4. The largest absolute Gasteiger partial charge is 0.412 e. The molecule has 1 rings (SSSR count). The Hall–Kier alpha value is -1.85. The zero-order valence-corrected chi connectivity index (χ0v) is 11.8. The van der Waals surface area contributed by atoms with E-state index in [4.69, 9.17) is 0 Å². The van der Waals surface area contributed by atoms with Gasteiger partial charge in [-0.25, -0.2) is 0 Å². The molecule has 110 valence electrons. The van der Waals surface area contributed by atoms with E-state index in [1.54, 1.807) is 6.08 Å². The summed E-state index contributed by atoms with van der Waals surface area (Å²) < 4.78 is 37.6. The smallest absolute Gasteiger partial charge is 0.265 e. The molecule has 0 heterocycles. The van der Waals surface area contributed by atoms with Gasteiger partial charge in [0.05, 0.1) is 6.54 Å². The molecule has 1 aliphatic rings. The second kappa shape index (κ2) is 7.07. The first-order chi connectivity index (χ1) is 9.30. The third-order valence-corrected chi connectivity index (χ3v) is 2.85. The first-order valence-corrected chi connectivity index (χ1v) is 6.20. The van der Waals surface area contributed by atoms with E-state index in [9.17, 15) is 13.2 Å². The normalized spacial score (nSPS) is 15.7. The molecule has 0 aromatic carbocycles. The van der Waals surface area contributed by atoms with Gasteiger partial charge in [-0.1, -0.05) is 35.1 Å². The molecule has 20 heavy (non-hydrogen) atoms. The van der Waals surface area contributed by atoms with Crippen LogP contribution in [0.15, 0.2) is 57.1 Å². The van der Waals surface area contributed by atoms with Crippen LogP contribution < -0.4 is 5.43 Å². The van der Waals surface area contributed by atoms with Gasteiger partial charge in [0.2, 0.25) is 0 Å². The van der Waals surface area contributed by atoms with Crippen molar-refractivity contribution in [1.29, 1.82) is 0 Å². The van der Waals surface area contributed by atoms with Gasteiger partial charge in [-0.3, -0.25) is 5.43 Å². The molecule has 0 saturated carbocycles. The van der Waals surface area contributed by atoms with Crippen molar-refractivity contribution >= 4 is 0 Å². The van der Waals surface area contributed by atoms with E-state index < -0.39 is 11.7 Å². The molecular weight excluding hydrogens is 267 g/mol. The van der Waals surface area contributed by atoms with Crippen LogP contribution in [0.3, 0.4) is 0 Å². The maximum atomic E-state index is 12.5. The van der Waals surface area contributed by atoms with Crippen LogP contribution in [0.5, 0.6) is 0 Å². The van der Waals surface area contributed by atoms with Crippen molar-refractivity contribution in [2.24, 2.45) is 10.3 Å². The van der Waals surface area contributed by atoms with E-state index in [2.05, 4.69) is 15.8 Å². The molecule has 0 aliphatic heterocycles. The van der Waals surface area contributed by atoms with Gasteiger partial charge >= 0.3 is 6.18 Å².